The molecule has 1 aromatic heterocycles. The molecule has 0 aliphatic rings. The summed E-state index contributed by atoms with van der Waals surface area (Å²) in [5.74, 6) is 0.506. The van der Waals surface area contributed by atoms with E-state index < -0.39 is 0 Å². The molecular weight excluding hydrogens is 308 g/mol. The van der Waals surface area contributed by atoms with E-state index in [4.69, 9.17) is 9.47 Å². The van der Waals surface area contributed by atoms with E-state index in [0.717, 1.165) is 17.8 Å². The first kappa shape index (κ1) is 18.0. The van der Waals surface area contributed by atoms with Gasteiger partial charge < -0.3 is 20.1 Å². The quantitative estimate of drug-likeness (QED) is 0.674. The topological polar surface area (TPSA) is 77.4 Å². The lowest BCUT2D eigenvalue weighted by Crippen LogP contribution is -2.33. The summed E-state index contributed by atoms with van der Waals surface area (Å²) in [6, 6.07) is 7.51. The Morgan fingerprint density at radius 3 is 2.79 bits per heavy atom. The van der Waals surface area contributed by atoms with Crippen molar-refractivity contribution < 1.29 is 14.3 Å². The number of carbonyl (C=O) groups excluding carboxylic acids is 1. The summed E-state index contributed by atoms with van der Waals surface area (Å²) in [7, 11) is 3.27. The van der Waals surface area contributed by atoms with Gasteiger partial charge in [0, 0.05) is 32.9 Å². The van der Waals surface area contributed by atoms with Crippen LogP contribution in [0.25, 0.3) is 5.69 Å². The zero-order chi connectivity index (χ0) is 17.4. The van der Waals surface area contributed by atoms with Crippen LogP contribution in [0.4, 0.5) is 0 Å². The Hall–Kier alpha value is -2.38. The molecule has 130 valence electrons. The van der Waals surface area contributed by atoms with Crippen molar-refractivity contribution in [1.82, 2.24) is 20.4 Å². The molecule has 0 atom stereocenters. The highest BCUT2D eigenvalue weighted by Crippen LogP contribution is 2.23. The molecule has 7 nitrogen and oxygen atoms in total. The Bertz CT molecular complexity index is 670. The van der Waals surface area contributed by atoms with E-state index in [-0.39, 0.29) is 5.91 Å². The van der Waals surface area contributed by atoms with Gasteiger partial charge in [-0.3, -0.25) is 4.79 Å². The number of hydrogen-bond donors (Lipinski definition) is 2. The number of amides is 1. The Morgan fingerprint density at radius 1 is 1.21 bits per heavy atom. The molecule has 0 unspecified atom stereocenters. The summed E-state index contributed by atoms with van der Waals surface area (Å²) < 4.78 is 11.9. The summed E-state index contributed by atoms with van der Waals surface area (Å²) in [6.07, 6.45) is 1.75. The SMILES string of the molecule is COCCNCCNC(=O)c1ccn(-c2cc(C)ccc2OC)n1. The van der Waals surface area contributed by atoms with E-state index >= 15 is 0 Å². The van der Waals surface area contributed by atoms with Gasteiger partial charge in [0.1, 0.15) is 11.4 Å². The van der Waals surface area contributed by atoms with Crippen LogP contribution in [0, 0.1) is 6.92 Å². The first-order chi connectivity index (χ1) is 11.7. The first-order valence-corrected chi connectivity index (χ1v) is 7.84. The van der Waals surface area contributed by atoms with Crippen molar-refractivity contribution in [2.45, 2.75) is 6.92 Å². The van der Waals surface area contributed by atoms with Crippen molar-refractivity contribution in [3.63, 3.8) is 0 Å². The van der Waals surface area contributed by atoms with Crippen molar-refractivity contribution in [2.24, 2.45) is 0 Å². The highest BCUT2D eigenvalue weighted by atomic mass is 16.5. The second-order valence-electron chi connectivity index (χ2n) is 5.32. The van der Waals surface area contributed by atoms with Gasteiger partial charge in [0.05, 0.1) is 13.7 Å². The molecule has 0 fully saturated rings. The number of ether oxygens (including phenoxy) is 2. The number of benzene rings is 1. The summed E-state index contributed by atoms with van der Waals surface area (Å²) in [6.45, 7) is 4.62. The van der Waals surface area contributed by atoms with Crippen LogP contribution >= 0.6 is 0 Å². The molecule has 0 spiro atoms. The minimum atomic E-state index is -0.200. The van der Waals surface area contributed by atoms with E-state index in [9.17, 15) is 4.79 Å². The van der Waals surface area contributed by atoms with Crippen LogP contribution in [0.2, 0.25) is 0 Å². The molecule has 0 saturated carbocycles. The third kappa shape index (κ3) is 4.81. The smallest absolute Gasteiger partial charge is 0.271 e. The summed E-state index contributed by atoms with van der Waals surface area (Å²) in [5.41, 5.74) is 2.27. The third-order valence-electron chi connectivity index (χ3n) is 3.47. The summed E-state index contributed by atoms with van der Waals surface area (Å²) in [5, 5.41) is 10.3. The first-order valence-electron chi connectivity index (χ1n) is 7.84. The molecule has 24 heavy (non-hydrogen) atoms. The van der Waals surface area contributed by atoms with Gasteiger partial charge in [-0.1, -0.05) is 6.07 Å². The van der Waals surface area contributed by atoms with Crippen LogP contribution < -0.4 is 15.4 Å². The number of aromatic nitrogens is 2. The molecule has 2 N–H and O–H groups in total. The average molecular weight is 332 g/mol. The molecule has 1 heterocycles. The Balaban J connectivity index is 1.95. The lowest BCUT2D eigenvalue weighted by atomic mass is 10.2. The van der Waals surface area contributed by atoms with Gasteiger partial charge in [0.25, 0.3) is 5.91 Å². The van der Waals surface area contributed by atoms with E-state index in [2.05, 4.69) is 15.7 Å². The molecular formula is C17H24N4O3. The van der Waals surface area contributed by atoms with Gasteiger partial charge in [-0.2, -0.15) is 5.10 Å². The minimum Gasteiger partial charge on any atom is -0.494 e. The molecule has 1 amide bonds. The van der Waals surface area contributed by atoms with Crippen LogP contribution in [0.3, 0.4) is 0 Å². The fourth-order valence-electron chi connectivity index (χ4n) is 2.21. The third-order valence-corrected chi connectivity index (χ3v) is 3.47. The summed E-state index contributed by atoms with van der Waals surface area (Å²) in [4.78, 5) is 12.1. The van der Waals surface area contributed by atoms with Crippen LogP contribution in [0.1, 0.15) is 16.1 Å². The summed E-state index contributed by atoms with van der Waals surface area (Å²) >= 11 is 0. The van der Waals surface area contributed by atoms with Gasteiger partial charge in [0.2, 0.25) is 0 Å². The highest BCUT2D eigenvalue weighted by Gasteiger charge is 2.12. The minimum absolute atomic E-state index is 0.200. The molecule has 0 aliphatic carbocycles. The van der Waals surface area contributed by atoms with Crippen molar-refractivity contribution in [3.8, 4) is 11.4 Å². The van der Waals surface area contributed by atoms with E-state index in [1.807, 2.05) is 25.1 Å². The van der Waals surface area contributed by atoms with Crippen molar-refractivity contribution in [1.29, 1.82) is 0 Å². The van der Waals surface area contributed by atoms with Gasteiger partial charge in [0.15, 0.2) is 5.69 Å². The maximum absolute atomic E-state index is 12.1. The monoisotopic (exact) mass is 332 g/mol. The van der Waals surface area contributed by atoms with Gasteiger partial charge in [-0.05, 0) is 30.7 Å². The molecule has 1 aromatic carbocycles. The number of hydrogen-bond acceptors (Lipinski definition) is 5. The van der Waals surface area contributed by atoms with Crippen LogP contribution in [-0.2, 0) is 4.74 Å². The van der Waals surface area contributed by atoms with Crippen LogP contribution in [-0.4, -0.2) is 56.1 Å². The molecule has 0 bridgehead atoms. The lowest BCUT2D eigenvalue weighted by Gasteiger charge is -2.09. The lowest BCUT2D eigenvalue weighted by molar-refractivity contribution is 0.0948. The van der Waals surface area contributed by atoms with Crippen LogP contribution in [0.5, 0.6) is 5.75 Å². The number of nitrogens with one attached hydrogen (secondary N) is 2. The standard InChI is InChI=1S/C17H24N4O3/c1-13-4-5-16(24-3)15(12-13)21-10-6-14(20-21)17(22)19-8-7-18-9-11-23-2/h4-6,10,12,18H,7-9,11H2,1-3H3,(H,19,22). The molecule has 0 aliphatic heterocycles. The largest absolute Gasteiger partial charge is 0.494 e. The van der Waals surface area contributed by atoms with E-state index in [0.29, 0.717) is 31.1 Å². The van der Waals surface area contributed by atoms with Gasteiger partial charge >= 0.3 is 0 Å². The number of aryl methyl sites for hydroxylation is 1. The fraction of sp³-hybridized carbons (Fsp3) is 0.412. The average Bonchev–Trinajstić information content (AvgIpc) is 3.08. The number of nitrogens with zero attached hydrogens (tertiary/aromatic N) is 2. The molecule has 0 radical (unpaired) electrons. The fourth-order valence-corrected chi connectivity index (χ4v) is 2.21. The Kier molecular flexibility index (Phi) is 6.77. The molecule has 7 heteroatoms. The zero-order valence-corrected chi connectivity index (χ0v) is 14.3. The van der Waals surface area contributed by atoms with Crippen LogP contribution in [0.15, 0.2) is 30.5 Å². The van der Waals surface area contributed by atoms with Gasteiger partial charge in [-0.15, -0.1) is 0 Å². The molecule has 0 saturated heterocycles. The Labute approximate surface area is 142 Å². The maximum Gasteiger partial charge on any atom is 0.271 e. The van der Waals surface area contributed by atoms with Gasteiger partial charge in [-0.25, -0.2) is 4.68 Å². The van der Waals surface area contributed by atoms with Crippen molar-refractivity contribution in [2.75, 3.05) is 40.5 Å². The number of carbonyl (C=O) groups is 1. The number of rotatable bonds is 9. The predicted octanol–water partition coefficient (Wildman–Crippen LogP) is 1.16. The molecule has 2 aromatic rings. The normalized spacial score (nSPS) is 10.6. The molecule has 2 rings (SSSR count). The Morgan fingerprint density at radius 2 is 2.04 bits per heavy atom. The van der Waals surface area contributed by atoms with E-state index in [1.165, 1.54) is 0 Å². The second kappa shape index (κ2) is 9.05. The second-order valence-corrected chi connectivity index (χ2v) is 5.32. The maximum atomic E-state index is 12.1. The van der Waals surface area contributed by atoms with Crippen molar-refractivity contribution in [3.05, 3.63) is 41.7 Å². The number of methoxy groups -OCH3 is 2. The predicted molar refractivity (Wildman–Crippen MR) is 91.9 cm³/mol. The highest BCUT2D eigenvalue weighted by molar-refractivity contribution is 5.92. The van der Waals surface area contributed by atoms with E-state index in [1.54, 1.807) is 31.2 Å². The zero-order valence-electron chi connectivity index (χ0n) is 14.3. The van der Waals surface area contributed by atoms with Crippen molar-refractivity contribution >= 4 is 5.91 Å².